The molecule has 27 heavy (non-hydrogen) atoms. The second kappa shape index (κ2) is 7.64. The Morgan fingerprint density at radius 1 is 1.26 bits per heavy atom. The number of amides is 1. The maximum absolute atomic E-state index is 12.2. The molecule has 1 aromatic carbocycles. The van der Waals surface area contributed by atoms with Gasteiger partial charge in [0.1, 0.15) is 11.4 Å². The molecule has 2 aliphatic rings. The molecule has 1 amide bonds. The highest BCUT2D eigenvalue weighted by Gasteiger charge is 2.42. The van der Waals surface area contributed by atoms with Gasteiger partial charge in [-0.2, -0.15) is 0 Å². The number of para-hydroxylation sites is 1. The highest BCUT2D eigenvalue weighted by atomic mass is 32.1. The van der Waals surface area contributed by atoms with Crippen molar-refractivity contribution in [2.45, 2.75) is 57.3 Å². The van der Waals surface area contributed by atoms with E-state index in [1.165, 1.54) is 4.88 Å². The van der Waals surface area contributed by atoms with Crippen LogP contribution in [0.15, 0.2) is 41.8 Å². The van der Waals surface area contributed by atoms with Crippen LogP contribution in [-0.4, -0.2) is 40.9 Å². The lowest BCUT2D eigenvalue weighted by Crippen LogP contribution is -2.51. The summed E-state index contributed by atoms with van der Waals surface area (Å²) in [6.07, 6.45) is 4.20. The van der Waals surface area contributed by atoms with Gasteiger partial charge >= 0.3 is 0 Å². The fourth-order valence-corrected chi connectivity index (χ4v) is 5.21. The van der Waals surface area contributed by atoms with Crippen molar-refractivity contribution in [1.29, 1.82) is 0 Å². The van der Waals surface area contributed by atoms with Crippen LogP contribution in [0.5, 0.6) is 5.75 Å². The third-order valence-corrected chi connectivity index (χ3v) is 6.92. The van der Waals surface area contributed by atoms with Crippen LogP contribution in [-0.2, 0) is 17.9 Å². The molecule has 1 spiro atoms. The molecule has 2 aromatic rings. The van der Waals surface area contributed by atoms with Gasteiger partial charge in [-0.1, -0.05) is 24.3 Å². The van der Waals surface area contributed by atoms with E-state index in [2.05, 4.69) is 41.6 Å². The maximum Gasteiger partial charge on any atom is 0.219 e. The van der Waals surface area contributed by atoms with Gasteiger partial charge in [0.25, 0.3) is 0 Å². The van der Waals surface area contributed by atoms with Crippen LogP contribution in [0.25, 0.3) is 0 Å². The lowest BCUT2D eigenvalue weighted by atomic mass is 9.81. The summed E-state index contributed by atoms with van der Waals surface area (Å²) in [5.74, 6) is 1.08. The standard InChI is InChI=1S/C22H28N2O2S/c1-17(25)24-14-18-6-3-4-8-21(18)26-22(16-24)11-9-19(10-12-22)23(2)15-20-7-5-13-27-20/h3-8,13,19H,9-12,14-16H2,1-2H3. The van der Waals surface area contributed by atoms with E-state index in [1.54, 1.807) is 6.92 Å². The van der Waals surface area contributed by atoms with E-state index >= 15 is 0 Å². The highest BCUT2D eigenvalue weighted by molar-refractivity contribution is 7.09. The topological polar surface area (TPSA) is 32.8 Å². The van der Waals surface area contributed by atoms with E-state index in [4.69, 9.17) is 4.74 Å². The lowest BCUT2D eigenvalue weighted by Gasteiger charge is -2.43. The van der Waals surface area contributed by atoms with Gasteiger partial charge < -0.3 is 9.64 Å². The van der Waals surface area contributed by atoms with Gasteiger partial charge in [0.05, 0.1) is 6.54 Å². The van der Waals surface area contributed by atoms with Crippen molar-refractivity contribution < 1.29 is 9.53 Å². The molecular formula is C22H28N2O2S. The van der Waals surface area contributed by atoms with Crippen LogP contribution in [0.3, 0.4) is 0 Å². The Kier molecular flexibility index (Phi) is 5.24. The summed E-state index contributed by atoms with van der Waals surface area (Å²) in [7, 11) is 2.23. The molecule has 0 atom stereocenters. The number of thiophene rings is 1. The van der Waals surface area contributed by atoms with Crippen molar-refractivity contribution in [3.8, 4) is 5.75 Å². The minimum Gasteiger partial charge on any atom is -0.485 e. The molecule has 4 rings (SSSR count). The molecular weight excluding hydrogens is 356 g/mol. The Labute approximate surface area is 165 Å². The third kappa shape index (κ3) is 4.04. The Bertz CT molecular complexity index is 781. The SMILES string of the molecule is CC(=O)N1Cc2ccccc2OC2(CCC(N(C)Cc3cccs3)CC2)C1. The van der Waals surface area contributed by atoms with Crippen LogP contribution in [0.2, 0.25) is 0 Å². The summed E-state index contributed by atoms with van der Waals surface area (Å²) < 4.78 is 6.59. The molecule has 1 saturated carbocycles. The zero-order chi connectivity index (χ0) is 18.9. The molecule has 4 nitrogen and oxygen atoms in total. The van der Waals surface area contributed by atoms with Crippen LogP contribution in [0.4, 0.5) is 0 Å². The molecule has 144 valence electrons. The molecule has 0 saturated heterocycles. The van der Waals surface area contributed by atoms with Crippen molar-refractivity contribution in [2.24, 2.45) is 0 Å². The van der Waals surface area contributed by atoms with Crippen molar-refractivity contribution in [1.82, 2.24) is 9.80 Å². The Morgan fingerprint density at radius 2 is 2.04 bits per heavy atom. The third-order valence-electron chi connectivity index (χ3n) is 6.06. The number of benzene rings is 1. The maximum atomic E-state index is 12.2. The first kappa shape index (κ1) is 18.5. The number of carbonyl (C=O) groups is 1. The lowest BCUT2D eigenvalue weighted by molar-refractivity contribution is -0.132. The molecule has 2 heterocycles. The quantitative estimate of drug-likeness (QED) is 0.791. The van der Waals surface area contributed by atoms with E-state index in [9.17, 15) is 4.79 Å². The van der Waals surface area contributed by atoms with Gasteiger partial charge in [-0.3, -0.25) is 9.69 Å². The average Bonchev–Trinajstić information content (AvgIpc) is 3.10. The number of rotatable bonds is 3. The number of hydrogen-bond donors (Lipinski definition) is 0. The fraction of sp³-hybridized carbons (Fsp3) is 0.500. The Morgan fingerprint density at radius 3 is 2.74 bits per heavy atom. The van der Waals surface area contributed by atoms with E-state index in [0.717, 1.165) is 43.5 Å². The van der Waals surface area contributed by atoms with Crippen LogP contribution in [0.1, 0.15) is 43.0 Å². The minimum atomic E-state index is -0.251. The molecule has 0 N–H and O–H groups in total. The second-order valence-corrected chi connectivity index (χ2v) is 9.03. The van der Waals surface area contributed by atoms with Crippen LogP contribution in [0, 0.1) is 0 Å². The van der Waals surface area contributed by atoms with E-state index in [-0.39, 0.29) is 11.5 Å². The van der Waals surface area contributed by atoms with Crippen LogP contribution < -0.4 is 4.74 Å². The number of hydrogen-bond acceptors (Lipinski definition) is 4. The molecule has 1 fully saturated rings. The van der Waals surface area contributed by atoms with Gasteiger partial charge in [0.15, 0.2) is 0 Å². The van der Waals surface area contributed by atoms with Gasteiger partial charge in [-0.15, -0.1) is 11.3 Å². The van der Waals surface area contributed by atoms with Crippen molar-refractivity contribution in [3.05, 3.63) is 52.2 Å². The summed E-state index contributed by atoms with van der Waals surface area (Å²) >= 11 is 1.82. The summed E-state index contributed by atoms with van der Waals surface area (Å²) in [5.41, 5.74) is 0.861. The number of ether oxygens (including phenoxy) is 1. The summed E-state index contributed by atoms with van der Waals surface area (Å²) in [6, 6.07) is 13.1. The molecule has 0 bridgehead atoms. The number of fused-ring (bicyclic) bond motifs is 1. The smallest absolute Gasteiger partial charge is 0.219 e. The monoisotopic (exact) mass is 384 g/mol. The zero-order valence-corrected chi connectivity index (χ0v) is 17.0. The van der Waals surface area contributed by atoms with Crippen molar-refractivity contribution >= 4 is 17.2 Å². The normalized spacial score (nSPS) is 25.1. The predicted molar refractivity (Wildman–Crippen MR) is 109 cm³/mol. The van der Waals surface area contributed by atoms with Gasteiger partial charge in [-0.25, -0.2) is 0 Å². The van der Waals surface area contributed by atoms with Gasteiger partial charge in [0.2, 0.25) is 5.91 Å². The Balaban J connectivity index is 1.48. The fourth-order valence-electron chi connectivity index (χ4n) is 4.44. The molecule has 0 unspecified atom stereocenters. The zero-order valence-electron chi connectivity index (χ0n) is 16.2. The molecule has 1 aromatic heterocycles. The summed E-state index contributed by atoms with van der Waals surface area (Å²) in [5, 5.41) is 2.15. The number of carbonyl (C=O) groups excluding carboxylic acids is 1. The largest absolute Gasteiger partial charge is 0.485 e. The van der Waals surface area contributed by atoms with Crippen LogP contribution >= 0.6 is 11.3 Å². The van der Waals surface area contributed by atoms with Crippen molar-refractivity contribution in [2.75, 3.05) is 13.6 Å². The predicted octanol–water partition coefficient (Wildman–Crippen LogP) is 4.30. The minimum absolute atomic E-state index is 0.131. The molecule has 1 aliphatic heterocycles. The summed E-state index contributed by atoms with van der Waals surface area (Å²) in [6.45, 7) is 4.02. The van der Waals surface area contributed by atoms with Gasteiger partial charge in [-0.05, 0) is 50.2 Å². The Hall–Kier alpha value is -1.85. The first-order valence-electron chi connectivity index (χ1n) is 9.80. The highest BCUT2D eigenvalue weighted by Crippen LogP contribution is 2.39. The molecule has 1 aliphatic carbocycles. The second-order valence-electron chi connectivity index (χ2n) is 7.99. The molecule has 0 radical (unpaired) electrons. The number of nitrogens with zero attached hydrogens (tertiary/aromatic N) is 2. The first-order chi connectivity index (χ1) is 13.0. The van der Waals surface area contributed by atoms with E-state index < -0.39 is 0 Å². The van der Waals surface area contributed by atoms with E-state index in [1.807, 2.05) is 28.4 Å². The van der Waals surface area contributed by atoms with E-state index in [0.29, 0.717) is 19.1 Å². The molecule has 5 heteroatoms. The first-order valence-corrected chi connectivity index (χ1v) is 10.7. The van der Waals surface area contributed by atoms with Gasteiger partial charge in [0, 0.05) is 36.5 Å². The summed E-state index contributed by atoms with van der Waals surface area (Å²) in [4.78, 5) is 18.1. The average molecular weight is 385 g/mol. The van der Waals surface area contributed by atoms with Crippen molar-refractivity contribution in [3.63, 3.8) is 0 Å².